The highest BCUT2D eigenvalue weighted by Gasteiger charge is 1.99. The van der Waals surface area contributed by atoms with Gasteiger partial charge in [-0.25, -0.2) is 0 Å². The van der Waals surface area contributed by atoms with Crippen LogP contribution in [0, 0.1) is 0 Å². The van der Waals surface area contributed by atoms with E-state index in [0.717, 1.165) is 43.8 Å². The summed E-state index contributed by atoms with van der Waals surface area (Å²) < 4.78 is 5.70. The molecule has 96 valence electrons. The van der Waals surface area contributed by atoms with Gasteiger partial charge < -0.3 is 10.5 Å². The van der Waals surface area contributed by atoms with Crippen LogP contribution in [0.1, 0.15) is 31.7 Å². The summed E-state index contributed by atoms with van der Waals surface area (Å²) in [5.74, 6) is 1.74. The Kier molecular flexibility index (Phi) is 7.13. The van der Waals surface area contributed by atoms with Crippen LogP contribution >= 0.6 is 12.6 Å². The van der Waals surface area contributed by atoms with Crippen LogP contribution < -0.4 is 10.5 Å². The highest BCUT2D eigenvalue weighted by molar-refractivity contribution is 7.80. The quantitative estimate of drug-likeness (QED) is 0.552. The van der Waals surface area contributed by atoms with Crippen LogP contribution in [0.3, 0.4) is 0 Å². The first kappa shape index (κ1) is 14.4. The van der Waals surface area contributed by atoms with E-state index >= 15 is 0 Å². The Balaban J connectivity index is 2.17. The molecule has 1 aromatic carbocycles. The highest BCUT2D eigenvalue weighted by atomic mass is 32.1. The zero-order valence-corrected chi connectivity index (χ0v) is 11.5. The summed E-state index contributed by atoms with van der Waals surface area (Å²) in [5, 5.41) is 0. The number of thiol groups is 1. The van der Waals surface area contributed by atoms with E-state index < -0.39 is 0 Å². The van der Waals surface area contributed by atoms with Crippen molar-refractivity contribution in [1.82, 2.24) is 0 Å². The van der Waals surface area contributed by atoms with Crippen molar-refractivity contribution >= 4 is 12.6 Å². The first-order valence-electron chi connectivity index (χ1n) is 6.34. The summed E-state index contributed by atoms with van der Waals surface area (Å²) in [4.78, 5) is 0. The van der Waals surface area contributed by atoms with Gasteiger partial charge in [0, 0.05) is 11.8 Å². The summed E-state index contributed by atoms with van der Waals surface area (Å²) >= 11 is 4.16. The standard InChI is InChI=1S/C14H23NOS/c1-2-12-6-5-8-14(10-12)16-9-4-3-7-13(15)11-17/h5-6,8,10,13,17H,2-4,7,9,11,15H2,1H3. The number of ether oxygens (including phenoxy) is 1. The monoisotopic (exact) mass is 253 g/mol. The van der Waals surface area contributed by atoms with Gasteiger partial charge in [0.1, 0.15) is 5.75 Å². The van der Waals surface area contributed by atoms with E-state index in [2.05, 4.69) is 31.7 Å². The lowest BCUT2D eigenvalue weighted by atomic mass is 10.1. The van der Waals surface area contributed by atoms with Gasteiger partial charge in [0.25, 0.3) is 0 Å². The molecule has 0 aliphatic carbocycles. The number of unbranched alkanes of at least 4 members (excludes halogenated alkanes) is 1. The Morgan fingerprint density at radius 1 is 1.35 bits per heavy atom. The van der Waals surface area contributed by atoms with E-state index in [1.807, 2.05) is 12.1 Å². The molecule has 0 spiro atoms. The number of benzene rings is 1. The third-order valence-corrected chi connectivity index (χ3v) is 3.25. The van der Waals surface area contributed by atoms with E-state index in [9.17, 15) is 0 Å². The third kappa shape index (κ3) is 5.99. The van der Waals surface area contributed by atoms with Gasteiger partial charge in [-0.2, -0.15) is 12.6 Å². The van der Waals surface area contributed by atoms with Crippen molar-refractivity contribution in [1.29, 1.82) is 0 Å². The zero-order valence-electron chi connectivity index (χ0n) is 10.6. The number of nitrogens with two attached hydrogens (primary N) is 1. The van der Waals surface area contributed by atoms with E-state index in [4.69, 9.17) is 10.5 Å². The number of hydrogen-bond acceptors (Lipinski definition) is 3. The van der Waals surface area contributed by atoms with Crippen LogP contribution in [0.2, 0.25) is 0 Å². The van der Waals surface area contributed by atoms with Crippen molar-refractivity contribution in [3.63, 3.8) is 0 Å². The Labute approximate surface area is 110 Å². The molecule has 0 aliphatic rings. The number of rotatable bonds is 8. The fraction of sp³-hybridized carbons (Fsp3) is 0.571. The lowest BCUT2D eigenvalue weighted by Gasteiger charge is -2.09. The molecule has 0 radical (unpaired) electrons. The predicted octanol–water partition coefficient (Wildman–Crippen LogP) is 3.06. The predicted molar refractivity (Wildman–Crippen MR) is 77.0 cm³/mol. The minimum Gasteiger partial charge on any atom is -0.494 e. The summed E-state index contributed by atoms with van der Waals surface area (Å²) in [6, 6.07) is 8.52. The van der Waals surface area contributed by atoms with E-state index in [0.29, 0.717) is 0 Å². The minimum atomic E-state index is 0.224. The van der Waals surface area contributed by atoms with Crippen LogP contribution in [0.15, 0.2) is 24.3 Å². The first-order valence-corrected chi connectivity index (χ1v) is 6.97. The molecule has 0 fully saturated rings. The normalized spacial score (nSPS) is 12.4. The van der Waals surface area contributed by atoms with Crippen molar-refractivity contribution in [2.45, 2.75) is 38.6 Å². The lowest BCUT2D eigenvalue weighted by molar-refractivity contribution is 0.303. The summed E-state index contributed by atoms with van der Waals surface area (Å²) in [6.45, 7) is 2.92. The average molecular weight is 253 g/mol. The Morgan fingerprint density at radius 3 is 2.88 bits per heavy atom. The molecule has 0 heterocycles. The van der Waals surface area contributed by atoms with Crippen LogP contribution in [0.5, 0.6) is 5.75 Å². The summed E-state index contributed by atoms with van der Waals surface area (Å²) in [7, 11) is 0. The van der Waals surface area contributed by atoms with Crippen molar-refractivity contribution in [3.8, 4) is 5.75 Å². The molecule has 1 atom stereocenters. The summed E-state index contributed by atoms with van der Waals surface area (Å²) in [5.41, 5.74) is 7.11. The van der Waals surface area contributed by atoms with Crippen molar-refractivity contribution in [2.75, 3.05) is 12.4 Å². The number of hydrogen-bond donors (Lipinski definition) is 2. The fourth-order valence-corrected chi connectivity index (χ4v) is 1.83. The molecule has 0 saturated carbocycles. The van der Waals surface area contributed by atoms with Gasteiger partial charge >= 0.3 is 0 Å². The second-order valence-corrected chi connectivity index (χ2v) is 4.65. The molecule has 3 heteroatoms. The maximum absolute atomic E-state index is 5.79. The van der Waals surface area contributed by atoms with Crippen LogP contribution in [0.4, 0.5) is 0 Å². The Morgan fingerprint density at radius 2 is 2.18 bits per heavy atom. The molecule has 0 aromatic heterocycles. The molecule has 1 rings (SSSR count). The van der Waals surface area contributed by atoms with Gasteiger partial charge in [-0.15, -0.1) is 0 Å². The van der Waals surface area contributed by atoms with Crippen molar-refractivity contribution < 1.29 is 4.74 Å². The second-order valence-electron chi connectivity index (χ2n) is 4.29. The molecule has 17 heavy (non-hydrogen) atoms. The molecule has 2 nitrogen and oxygen atoms in total. The van der Waals surface area contributed by atoms with Crippen molar-refractivity contribution in [2.24, 2.45) is 5.73 Å². The second kappa shape index (κ2) is 8.43. The van der Waals surface area contributed by atoms with Crippen LogP contribution in [0.25, 0.3) is 0 Å². The molecular weight excluding hydrogens is 230 g/mol. The molecule has 1 aromatic rings. The maximum Gasteiger partial charge on any atom is 0.119 e. The van der Waals surface area contributed by atoms with Gasteiger partial charge in [-0.3, -0.25) is 0 Å². The topological polar surface area (TPSA) is 35.2 Å². The van der Waals surface area contributed by atoms with Gasteiger partial charge in [-0.05, 0) is 43.4 Å². The lowest BCUT2D eigenvalue weighted by Crippen LogP contribution is -2.21. The number of aryl methyl sites for hydroxylation is 1. The molecule has 0 saturated heterocycles. The van der Waals surface area contributed by atoms with E-state index in [-0.39, 0.29) is 6.04 Å². The van der Waals surface area contributed by atoms with E-state index in [1.165, 1.54) is 5.56 Å². The molecule has 0 bridgehead atoms. The highest BCUT2D eigenvalue weighted by Crippen LogP contribution is 2.14. The van der Waals surface area contributed by atoms with Gasteiger partial charge in [0.2, 0.25) is 0 Å². The van der Waals surface area contributed by atoms with Crippen LogP contribution in [-0.4, -0.2) is 18.4 Å². The SMILES string of the molecule is CCc1cccc(OCCCCC(N)CS)c1. The van der Waals surface area contributed by atoms with E-state index in [1.54, 1.807) is 0 Å². The molecular formula is C14H23NOS. The molecule has 2 N–H and O–H groups in total. The minimum absolute atomic E-state index is 0.224. The van der Waals surface area contributed by atoms with Gasteiger partial charge in [0.05, 0.1) is 6.61 Å². The fourth-order valence-electron chi connectivity index (χ4n) is 1.65. The largest absolute Gasteiger partial charge is 0.494 e. The molecule has 1 unspecified atom stereocenters. The first-order chi connectivity index (χ1) is 8.26. The zero-order chi connectivity index (χ0) is 12.5. The summed E-state index contributed by atoms with van der Waals surface area (Å²) in [6.07, 6.45) is 4.24. The van der Waals surface area contributed by atoms with Gasteiger partial charge in [0.15, 0.2) is 0 Å². The molecule has 0 aliphatic heterocycles. The maximum atomic E-state index is 5.79. The smallest absolute Gasteiger partial charge is 0.119 e. The van der Waals surface area contributed by atoms with Gasteiger partial charge in [-0.1, -0.05) is 19.1 Å². The average Bonchev–Trinajstić information content (AvgIpc) is 2.38. The molecule has 0 amide bonds. The third-order valence-electron chi connectivity index (χ3n) is 2.78. The van der Waals surface area contributed by atoms with Crippen LogP contribution in [-0.2, 0) is 6.42 Å². The Hall–Kier alpha value is -0.670. The Bertz CT molecular complexity index is 317. The van der Waals surface area contributed by atoms with Crippen molar-refractivity contribution in [3.05, 3.63) is 29.8 Å².